The van der Waals surface area contributed by atoms with Crippen LogP contribution >= 0.6 is 0 Å². The summed E-state index contributed by atoms with van der Waals surface area (Å²) in [6.07, 6.45) is 1.14. The van der Waals surface area contributed by atoms with Crippen molar-refractivity contribution in [2.24, 2.45) is 0 Å². The summed E-state index contributed by atoms with van der Waals surface area (Å²) >= 11 is 0. The average Bonchev–Trinajstić information content (AvgIpc) is 2.34. The molecule has 1 unspecified atom stereocenters. The number of carboxylic acids is 1. The Morgan fingerprint density at radius 3 is 2.58 bits per heavy atom. The Morgan fingerprint density at radius 1 is 1.47 bits per heavy atom. The fourth-order valence-electron chi connectivity index (χ4n) is 1.82. The predicted molar refractivity (Wildman–Crippen MR) is 70.8 cm³/mol. The Kier molecular flexibility index (Phi) is 4.43. The van der Waals surface area contributed by atoms with Gasteiger partial charge in [0.25, 0.3) is 0 Å². The third-order valence-corrected chi connectivity index (χ3v) is 3.18. The van der Waals surface area contributed by atoms with E-state index in [1.54, 1.807) is 20.8 Å². The number of hydrogen-bond donors (Lipinski definition) is 2. The first-order valence-corrected chi connectivity index (χ1v) is 6.11. The van der Waals surface area contributed by atoms with Crippen molar-refractivity contribution in [3.8, 4) is 6.07 Å². The number of aryl methyl sites for hydroxylation is 1. The molecule has 19 heavy (non-hydrogen) atoms. The topological polar surface area (TPSA) is 98.9 Å². The van der Waals surface area contributed by atoms with Gasteiger partial charge in [-0.2, -0.15) is 10.4 Å². The smallest absolute Gasteiger partial charge is 0.329 e. The van der Waals surface area contributed by atoms with Crippen molar-refractivity contribution in [3.63, 3.8) is 0 Å². The van der Waals surface area contributed by atoms with Crippen LogP contribution in [-0.4, -0.2) is 26.8 Å². The normalized spacial score (nSPS) is 13.4. The average molecular weight is 262 g/mol. The number of rotatable bonds is 5. The third-order valence-electron chi connectivity index (χ3n) is 3.18. The molecule has 0 aliphatic rings. The summed E-state index contributed by atoms with van der Waals surface area (Å²) in [6, 6.07) is 2.05. The van der Waals surface area contributed by atoms with Crippen molar-refractivity contribution in [1.29, 1.82) is 5.26 Å². The number of carbonyl (C=O) groups is 1. The van der Waals surface area contributed by atoms with Gasteiger partial charge in [0.1, 0.15) is 17.2 Å². The molecule has 0 saturated carbocycles. The Morgan fingerprint density at radius 2 is 2.11 bits per heavy atom. The van der Waals surface area contributed by atoms with Crippen LogP contribution in [0.15, 0.2) is 0 Å². The molecule has 0 saturated heterocycles. The summed E-state index contributed by atoms with van der Waals surface area (Å²) in [4.78, 5) is 11.4. The lowest BCUT2D eigenvalue weighted by molar-refractivity contribution is -0.142. The lowest BCUT2D eigenvalue weighted by Gasteiger charge is -2.26. The molecule has 1 rings (SSSR count). The molecule has 0 aliphatic heterocycles. The van der Waals surface area contributed by atoms with Crippen molar-refractivity contribution >= 4 is 11.8 Å². The Balaban J connectivity index is 3.22. The quantitative estimate of drug-likeness (QED) is 0.842. The first-order valence-electron chi connectivity index (χ1n) is 6.11. The standard InChI is InChI=1S/C13H18N4O2/c1-5-6-13(4,12(18)19)15-11-10(7-14)8(2)9(3)16-17-11/h5-6H2,1-4H3,(H,15,17)(H,18,19). The lowest BCUT2D eigenvalue weighted by atomic mass is 9.96. The van der Waals surface area contributed by atoms with E-state index in [0.717, 1.165) is 0 Å². The second-order valence-corrected chi connectivity index (χ2v) is 4.76. The summed E-state index contributed by atoms with van der Waals surface area (Å²) in [5.41, 5.74) is 0.562. The molecule has 0 bridgehead atoms. The van der Waals surface area contributed by atoms with Crippen molar-refractivity contribution in [2.75, 3.05) is 5.32 Å². The van der Waals surface area contributed by atoms with Crippen molar-refractivity contribution < 1.29 is 9.90 Å². The van der Waals surface area contributed by atoms with Crippen LogP contribution in [-0.2, 0) is 4.79 Å². The molecule has 0 radical (unpaired) electrons. The van der Waals surface area contributed by atoms with Crippen LogP contribution < -0.4 is 5.32 Å². The van der Waals surface area contributed by atoms with Gasteiger partial charge in [-0.3, -0.25) is 0 Å². The van der Waals surface area contributed by atoms with E-state index in [1.165, 1.54) is 0 Å². The molecule has 6 heteroatoms. The minimum Gasteiger partial charge on any atom is -0.480 e. The maximum Gasteiger partial charge on any atom is 0.329 e. The Hall–Kier alpha value is -2.16. The molecule has 0 spiro atoms. The highest BCUT2D eigenvalue weighted by Gasteiger charge is 2.33. The van der Waals surface area contributed by atoms with Gasteiger partial charge in [-0.25, -0.2) is 4.79 Å². The molecule has 0 amide bonds. The number of nitriles is 1. The third kappa shape index (κ3) is 2.99. The Bertz CT molecular complexity index is 536. The van der Waals surface area contributed by atoms with Crippen LogP contribution in [0, 0.1) is 25.2 Å². The van der Waals surface area contributed by atoms with E-state index in [-0.39, 0.29) is 5.82 Å². The van der Waals surface area contributed by atoms with Crippen molar-refractivity contribution in [2.45, 2.75) is 46.1 Å². The van der Waals surface area contributed by atoms with Crippen molar-refractivity contribution in [3.05, 3.63) is 16.8 Å². The Labute approximate surface area is 112 Å². The van der Waals surface area contributed by atoms with Gasteiger partial charge in [-0.05, 0) is 32.8 Å². The second kappa shape index (κ2) is 5.65. The summed E-state index contributed by atoms with van der Waals surface area (Å²) < 4.78 is 0. The number of nitrogens with zero attached hydrogens (tertiary/aromatic N) is 3. The van der Waals surface area contributed by atoms with E-state index >= 15 is 0 Å². The number of aromatic nitrogens is 2. The van der Waals surface area contributed by atoms with E-state index in [2.05, 4.69) is 21.6 Å². The molecular weight excluding hydrogens is 244 g/mol. The molecule has 1 aromatic heterocycles. The molecule has 0 fully saturated rings. The lowest BCUT2D eigenvalue weighted by Crippen LogP contribution is -2.43. The van der Waals surface area contributed by atoms with Gasteiger partial charge in [0.2, 0.25) is 0 Å². The van der Waals surface area contributed by atoms with E-state index in [9.17, 15) is 15.2 Å². The van der Waals surface area contributed by atoms with Crippen LogP contribution in [0.25, 0.3) is 0 Å². The van der Waals surface area contributed by atoms with Gasteiger partial charge in [-0.15, -0.1) is 5.10 Å². The summed E-state index contributed by atoms with van der Waals surface area (Å²) in [5.74, 6) is -0.748. The molecule has 1 heterocycles. The number of nitrogens with one attached hydrogen (secondary N) is 1. The van der Waals surface area contributed by atoms with E-state index in [0.29, 0.717) is 29.7 Å². The molecule has 0 aliphatic carbocycles. The first kappa shape index (κ1) is 14.9. The molecule has 0 aromatic carbocycles. The monoisotopic (exact) mass is 262 g/mol. The highest BCUT2D eigenvalue weighted by atomic mass is 16.4. The van der Waals surface area contributed by atoms with E-state index < -0.39 is 11.5 Å². The molecular formula is C13H18N4O2. The minimum atomic E-state index is -1.16. The van der Waals surface area contributed by atoms with Gasteiger partial charge in [0, 0.05) is 0 Å². The zero-order chi connectivity index (χ0) is 14.6. The van der Waals surface area contributed by atoms with E-state index in [1.807, 2.05) is 6.92 Å². The van der Waals surface area contributed by atoms with Crippen LogP contribution in [0.3, 0.4) is 0 Å². The molecule has 6 nitrogen and oxygen atoms in total. The van der Waals surface area contributed by atoms with Gasteiger partial charge in [-0.1, -0.05) is 13.3 Å². The summed E-state index contributed by atoms with van der Waals surface area (Å²) in [6.45, 7) is 7.01. The number of hydrogen-bond acceptors (Lipinski definition) is 5. The first-order chi connectivity index (χ1) is 8.85. The van der Waals surface area contributed by atoms with Crippen LogP contribution in [0.2, 0.25) is 0 Å². The van der Waals surface area contributed by atoms with Gasteiger partial charge >= 0.3 is 5.97 Å². The maximum absolute atomic E-state index is 11.4. The second-order valence-electron chi connectivity index (χ2n) is 4.76. The van der Waals surface area contributed by atoms with Crippen LogP contribution in [0.5, 0.6) is 0 Å². The van der Waals surface area contributed by atoms with Crippen molar-refractivity contribution in [1.82, 2.24) is 10.2 Å². The van der Waals surface area contributed by atoms with Crippen LogP contribution in [0.4, 0.5) is 5.82 Å². The van der Waals surface area contributed by atoms with Gasteiger partial charge < -0.3 is 10.4 Å². The number of anilines is 1. The highest BCUT2D eigenvalue weighted by molar-refractivity contribution is 5.82. The zero-order valence-corrected chi connectivity index (χ0v) is 11.6. The SMILES string of the molecule is CCCC(C)(Nc1nnc(C)c(C)c1C#N)C(=O)O. The highest BCUT2D eigenvalue weighted by Crippen LogP contribution is 2.23. The molecule has 1 atom stereocenters. The summed E-state index contributed by atoms with van der Waals surface area (Å²) in [5, 5.41) is 29.2. The summed E-state index contributed by atoms with van der Waals surface area (Å²) in [7, 11) is 0. The fourth-order valence-corrected chi connectivity index (χ4v) is 1.82. The van der Waals surface area contributed by atoms with Gasteiger partial charge in [0.15, 0.2) is 5.82 Å². The fraction of sp³-hybridized carbons (Fsp3) is 0.538. The molecule has 2 N–H and O–H groups in total. The number of aliphatic carboxylic acids is 1. The predicted octanol–water partition coefficient (Wildman–Crippen LogP) is 2.02. The van der Waals surface area contributed by atoms with Crippen LogP contribution in [0.1, 0.15) is 43.5 Å². The number of carboxylic acid groups (broad SMARTS) is 1. The minimum absolute atomic E-state index is 0.226. The van der Waals surface area contributed by atoms with E-state index in [4.69, 9.17) is 0 Å². The van der Waals surface area contributed by atoms with Gasteiger partial charge in [0.05, 0.1) is 5.69 Å². The molecule has 102 valence electrons. The molecule has 1 aromatic rings. The largest absolute Gasteiger partial charge is 0.480 e. The maximum atomic E-state index is 11.4. The zero-order valence-electron chi connectivity index (χ0n) is 11.6.